The lowest BCUT2D eigenvalue weighted by atomic mass is 10.00. The predicted octanol–water partition coefficient (Wildman–Crippen LogP) is 0.829. The van der Waals surface area contributed by atoms with Gasteiger partial charge in [-0.15, -0.1) is 0 Å². The Morgan fingerprint density at radius 3 is 2.39 bits per heavy atom. The van der Waals surface area contributed by atoms with Crippen LogP contribution in [-0.4, -0.2) is 49.6 Å². The summed E-state index contributed by atoms with van der Waals surface area (Å²) in [6.07, 6.45) is -2.08. The normalized spacial score (nSPS) is 42.4. The lowest BCUT2D eigenvalue weighted by Gasteiger charge is -2.39. The van der Waals surface area contributed by atoms with Gasteiger partial charge in [-0.25, -0.2) is 0 Å². The number of methoxy groups -OCH3 is 1. The molecule has 2 heterocycles. The molecule has 2 aliphatic heterocycles. The summed E-state index contributed by atoms with van der Waals surface area (Å²) < 4.78 is 27.7. The molecule has 2 saturated heterocycles. The average Bonchev–Trinajstić information content (AvgIpc) is 2.57. The van der Waals surface area contributed by atoms with Crippen molar-refractivity contribution in [3.63, 3.8) is 0 Å². The Labute approximate surface area is 106 Å². The van der Waals surface area contributed by atoms with Crippen LogP contribution in [0.2, 0.25) is 0 Å². The largest absolute Gasteiger partial charge is 0.457 e. The zero-order chi connectivity index (χ0) is 13.5. The second-order valence-corrected chi connectivity index (χ2v) is 5.08. The van der Waals surface area contributed by atoms with Gasteiger partial charge in [0.2, 0.25) is 0 Å². The number of carbonyl (C=O) groups excluding carboxylic acids is 1. The van der Waals surface area contributed by atoms with Gasteiger partial charge in [0.1, 0.15) is 12.2 Å². The van der Waals surface area contributed by atoms with Crippen molar-refractivity contribution in [1.82, 2.24) is 0 Å². The maximum atomic E-state index is 11.2. The maximum absolute atomic E-state index is 11.2. The van der Waals surface area contributed by atoms with Gasteiger partial charge >= 0.3 is 5.97 Å². The molecule has 2 rings (SSSR count). The summed E-state index contributed by atoms with van der Waals surface area (Å²) in [6.45, 7) is 6.82. The van der Waals surface area contributed by atoms with E-state index >= 15 is 0 Å². The zero-order valence-electron chi connectivity index (χ0n) is 11.3. The Morgan fingerprint density at radius 1 is 1.22 bits per heavy atom. The van der Waals surface area contributed by atoms with Gasteiger partial charge in [-0.1, -0.05) is 0 Å². The Kier molecular flexibility index (Phi) is 3.64. The number of hydrogen-bond acceptors (Lipinski definition) is 6. The van der Waals surface area contributed by atoms with Crippen LogP contribution in [0.5, 0.6) is 0 Å². The molecule has 6 heteroatoms. The Hall–Kier alpha value is -0.690. The highest BCUT2D eigenvalue weighted by molar-refractivity contribution is 5.66. The number of esters is 1. The van der Waals surface area contributed by atoms with Crippen LogP contribution >= 0.6 is 0 Å². The molecule has 0 amide bonds. The van der Waals surface area contributed by atoms with Gasteiger partial charge in [-0.3, -0.25) is 4.79 Å². The molecule has 2 fully saturated rings. The third-order valence-electron chi connectivity index (χ3n) is 3.10. The molecule has 5 atom stereocenters. The van der Waals surface area contributed by atoms with E-state index in [0.717, 1.165) is 0 Å². The highest BCUT2D eigenvalue weighted by atomic mass is 16.8. The lowest BCUT2D eigenvalue weighted by molar-refractivity contribution is -0.266. The molecule has 0 aromatic heterocycles. The first-order valence-corrected chi connectivity index (χ1v) is 6.05. The van der Waals surface area contributed by atoms with Crippen molar-refractivity contribution in [2.45, 2.75) is 64.2 Å². The fourth-order valence-corrected chi connectivity index (χ4v) is 2.46. The van der Waals surface area contributed by atoms with Gasteiger partial charge in [0, 0.05) is 14.0 Å². The molecule has 2 aliphatic rings. The molecule has 0 spiro atoms. The Morgan fingerprint density at radius 2 is 1.83 bits per heavy atom. The zero-order valence-corrected chi connectivity index (χ0v) is 11.3. The van der Waals surface area contributed by atoms with E-state index in [9.17, 15) is 4.79 Å². The number of fused-ring (bicyclic) bond motifs is 1. The van der Waals surface area contributed by atoms with Crippen molar-refractivity contribution in [2.75, 3.05) is 7.11 Å². The molecular formula is C12H20O6. The van der Waals surface area contributed by atoms with Crippen LogP contribution in [0, 0.1) is 0 Å². The monoisotopic (exact) mass is 260 g/mol. The summed E-state index contributed by atoms with van der Waals surface area (Å²) in [4.78, 5) is 11.2. The number of hydrogen-bond donors (Lipinski definition) is 0. The smallest absolute Gasteiger partial charge is 0.303 e. The fourth-order valence-electron chi connectivity index (χ4n) is 2.46. The van der Waals surface area contributed by atoms with Crippen LogP contribution in [-0.2, 0) is 28.5 Å². The molecule has 0 bridgehead atoms. The van der Waals surface area contributed by atoms with E-state index in [-0.39, 0.29) is 18.2 Å². The summed E-state index contributed by atoms with van der Waals surface area (Å²) in [5.41, 5.74) is 0. The molecule has 0 aromatic carbocycles. The summed E-state index contributed by atoms with van der Waals surface area (Å²) >= 11 is 0. The van der Waals surface area contributed by atoms with Gasteiger partial charge in [0.15, 0.2) is 18.2 Å². The van der Waals surface area contributed by atoms with Crippen LogP contribution in [0.4, 0.5) is 0 Å². The number of carbonyl (C=O) groups is 1. The van der Waals surface area contributed by atoms with Crippen LogP contribution < -0.4 is 0 Å². The number of rotatable bonds is 2. The van der Waals surface area contributed by atoms with E-state index < -0.39 is 24.3 Å². The van der Waals surface area contributed by atoms with E-state index in [0.29, 0.717) is 0 Å². The summed E-state index contributed by atoms with van der Waals surface area (Å²) in [6, 6.07) is 0. The average molecular weight is 260 g/mol. The van der Waals surface area contributed by atoms with E-state index in [2.05, 4.69) is 0 Å². The van der Waals surface area contributed by atoms with E-state index in [1.54, 1.807) is 7.11 Å². The molecule has 6 nitrogen and oxygen atoms in total. The third-order valence-corrected chi connectivity index (χ3v) is 3.10. The highest BCUT2D eigenvalue weighted by Gasteiger charge is 2.55. The Bertz CT molecular complexity index is 329. The molecule has 104 valence electrons. The van der Waals surface area contributed by atoms with Crippen LogP contribution in [0.15, 0.2) is 0 Å². The van der Waals surface area contributed by atoms with Gasteiger partial charge in [0.25, 0.3) is 0 Å². The van der Waals surface area contributed by atoms with Crippen LogP contribution in [0.1, 0.15) is 27.7 Å². The van der Waals surface area contributed by atoms with E-state index in [4.69, 9.17) is 23.7 Å². The molecule has 0 unspecified atom stereocenters. The van der Waals surface area contributed by atoms with Crippen molar-refractivity contribution >= 4 is 5.97 Å². The first-order valence-electron chi connectivity index (χ1n) is 6.05. The van der Waals surface area contributed by atoms with Crippen molar-refractivity contribution in [1.29, 1.82) is 0 Å². The minimum Gasteiger partial charge on any atom is -0.457 e. The van der Waals surface area contributed by atoms with Crippen molar-refractivity contribution in [3.05, 3.63) is 0 Å². The van der Waals surface area contributed by atoms with Gasteiger partial charge in [-0.2, -0.15) is 0 Å². The quantitative estimate of drug-likeness (QED) is 0.685. The summed E-state index contributed by atoms with van der Waals surface area (Å²) in [5, 5.41) is 0. The summed E-state index contributed by atoms with van der Waals surface area (Å²) in [7, 11) is 1.55. The molecule has 18 heavy (non-hydrogen) atoms. The minimum absolute atomic E-state index is 0.308. The highest BCUT2D eigenvalue weighted by Crippen LogP contribution is 2.38. The van der Waals surface area contributed by atoms with Gasteiger partial charge in [0.05, 0.1) is 6.10 Å². The SMILES string of the molecule is CO[C@@H]1O[C@@H](C)[C@H](OC(C)=O)[C@H]2OC(C)(C)O[C@@H]12. The Balaban J connectivity index is 2.20. The molecule has 0 radical (unpaired) electrons. The second-order valence-electron chi connectivity index (χ2n) is 5.08. The second kappa shape index (κ2) is 4.77. The standard InChI is InChI=1S/C12H20O6/c1-6-8(16-7(2)13)9-10(11(14-5)15-6)18-12(3,4)17-9/h6,8-11H,1-5H3/t6-,8-,9+,10+,11+/m0/s1. The first kappa shape index (κ1) is 13.7. The molecular weight excluding hydrogens is 240 g/mol. The first-order chi connectivity index (χ1) is 8.34. The van der Waals surface area contributed by atoms with Crippen LogP contribution in [0.25, 0.3) is 0 Å². The number of ether oxygens (including phenoxy) is 5. The van der Waals surface area contributed by atoms with Gasteiger partial charge in [-0.05, 0) is 20.8 Å². The van der Waals surface area contributed by atoms with Crippen molar-refractivity contribution in [3.8, 4) is 0 Å². The lowest BCUT2D eigenvalue weighted by Crippen LogP contribution is -2.57. The molecule has 0 aromatic rings. The third kappa shape index (κ3) is 2.51. The fraction of sp³-hybridized carbons (Fsp3) is 0.917. The van der Waals surface area contributed by atoms with Crippen LogP contribution in [0.3, 0.4) is 0 Å². The maximum Gasteiger partial charge on any atom is 0.303 e. The van der Waals surface area contributed by atoms with Crippen molar-refractivity contribution < 1.29 is 28.5 Å². The van der Waals surface area contributed by atoms with Gasteiger partial charge < -0.3 is 23.7 Å². The predicted molar refractivity (Wildman–Crippen MR) is 60.7 cm³/mol. The minimum atomic E-state index is -0.738. The summed E-state index contributed by atoms with van der Waals surface area (Å²) in [5.74, 6) is -1.10. The molecule has 0 aliphatic carbocycles. The van der Waals surface area contributed by atoms with E-state index in [1.165, 1.54) is 6.92 Å². The molecule has 0 N–H and O–H groups in total. The topological polar surface area (TPSA) is 63.2 Å². The van der Waals surface area contributed by atoms with Crippen molar-refractivity contribution in [2.24, 2.45) is 0 Å². The molecule has 0 saturated carbocycles. The van der Waals surface area contributed by atoms with E-state index in [1.807, 2.05) is 20.8 Å².